The molecule has 0 saturated heterocycles. The third kappa shape index (κ3) is 2.75. The summed E-state index contributed by atoms with van der Waals surface area (Å²) < 4.78 is 12.5. The van der Waals surface area contributed by atoms with Crippen molar-refractivity contribution in [3.05, 3.63) is 53.9 Å². The fraction of sp³-hybridized carbons (Fsp3) is 0.235. The normalized spacial score (nSPS) is 12.1. The van der Waals surface area contributed by atoms with Crippen molar-refractivity contribution in [3.8, 4) is 5.75 Å². The second-order valence-electron chi connectivity index (χ2n) is 5.17. The molecule has 0 aliphatic heterocycles. The number of aryl methyl sites for hydroxylation is 1. The zero-order valence-electron chi connectivity index (χ0n) is 13.2. The number of pyridine rings is 1. The summed E-state index contributed by atoms with van der Waals surface area (Å²) in [6.45, 7) is 1.83. The fourth-order valence-electron chi connectivity index (χ4n) is 2.46. The zero-order valence-corrected chi connectivity index (χ0v) is 13.2. The van der Waals surface area contributed by atoms with Gasteiger partial charge in [0.05, 0.1) is 18.7 Å². The Morgan fingerprint density at radius 1 is 1.22 bits per heavy atom. The van der Waals surface area contributed by atoms with Crippen LogP contribution in [0.3, 0.4) is 0 Å². The van der Waals surface area contributed by atoms with Crippen molar-refractivity contribution in [2.45, 2.75) is 13.0 Å². The third-order valence-corrected chi connectivity index (χ3v) is 3.69. The van der Waals surface area contributed by atoms with Gasteiger partial charge >= 0.3 is 5.97 Å². The number of methoxy groups -OCH3 is 1. The number of fused-ring (bicyclic) bond motifs is 1. The lowest BCUT2D eigenvalue weighted by atomic mass is 10.1. The number of aromatic nitrogens is 3. The number of rotatable bonds is 4. The van der Waals surface area contributed by atoms with E-state index >= 15 is 0 Å². The first kappa shape index (κ1) is 15.0. The average molecular weight is 311 g/mol. The molecule has 0 aliphatic carbocycles. The molecule has 1 aromatic carbocycles. The number of ether oxygens (including phenoxy) is 2. The van der Waals surface area contributed by atoms with E-state index < -0.39 is 5.97 Å². The second kappa shape index (κ2) is 6.08. The Hall–Kier alpha value is -2.89. The maximum atomic E-state index is 12.5. The zero-order chi connectivity index (χ0) is 16.4. The first-order valence-corrected chi connectivity index (χ1v) is 7.22. The highest BCUT2D eigenvalue weighted by Crippen LogP contribution is 2.29. The van der Waals surface area contributed by atoms with Gasteiger partial charge in [0.25, 0.3) is 0 Å². The molecule has 2 aromatic heterocycles. The van der Waals surface area contributed by atoms with Crippen LogP contribution in [-0.2, 0) is 11.8 Å². The smallest absolute Gasteiger partial charge is 0.344 e. The van der Waals surface area contributed by atoms with Gasteiger partial charge in [-0.25, -0.2) is 9.78 Å². The SMILES string of the molecule is COc1c(C(=O)OC(C)c2ccccc2)cnc2c1cnn2C. The van der Waals surface area contributed by atoms with Crippen LogP contribution >= 0.6 is 0 Å². The number of nitrogens with zero attached hydrogens (tertiary/aromatic N) is 3. The van der Waals surface area contributed by atoms with E-state index in [0.29, 0.717) is 16.8 Å². The molecule has 23 heavy (non-hydrogen) atoms. The number of carbonyl (C=O) groups excluding carboxylic acids is 1. The summed E-state index contributed by atoms with van der Waals surface area (Å²) in [5, 5.41) is 4.81. The molecule has 6 heteroatoms. The number of benzene rings is 1. The second-order valence-corrected chi connectivity index (χ2v) is 5.17. The summed E-state index contributed by atoms with van der Waals surface area (Å²) in [6.07, 6.45) is 2.72. The van der Waals surface area contributed by atoms with E-state index in [2.05, 4.69) is 10.1 Å². The van der Waals surface area contributed by atoms with Crippen molar-refractivity contribution >= 4 is 17.0 Å². The van der Waals surface area contributed by atoms with E-state index in [4.69, 9.17) is 9.47 Å². The molecule has 3 aromatic rings. The van der Waals surface area contributed by atoms with E-state index in [0.717, 1.165) is 5.56 Å². The highest BCUT2D eigenvalue weighted by molar-refractivity contribution is 5.98. The van der Waals surface area contributed by atoms with Crippen LogP contribution in [-0.4, -0.2) is 27.8 Å². The van der Waals surface area contributed by atoms with Gasteiger partial charge in [0.15, 0.2) is 5.65 Å². The van der Waals surface area contributed by atoms with E-state index in [1.807, 2.05) is 37.3 Å². The summed E-state index contributed by atoms with van der Waals surface area (Å²) in [5.74, 6) is -0.0511. The third-order valence-electron chi connectivity index (χ3n) is 3.69. The maximum absolute atomic E-state index is 12.5. The summed E-state index contributed by atoms with van der Waals surface area (Å²) in [5.41, 5.74) is 1.86. The molecule has 0 amide bonds. The van der Waals surface area contributed by atoms with Crippen LogP contribution in [0.4, 0.5) is 0 Å². The van der Waals surface area contributed by atoms with Gasteiger partial charge < -0.3 is 9.47 Å². The largest absolute Gasteiger partial charge is 0.495 e. The van der Waals surface area contributed by atoms with Gasteiger partial charge in [-0.15, -0.1) is 0 Å². The predicted octanol–water partition coefficient (Wildman–Crippen LogP) is 2.89. The standard InChI is InChI=1S/C17H17N3O3/c1-11(12-7-5-4-6-8-12)23-17(21)14-9-18-16-13(15(14)22-3)10-19-20(16)2/h4-11H,1-3H3. The molecule has 0 fully saturated rings. The van der Waals surface area contributed by atoms with E-state index in [1.54, 1.807) is 17.9 Å². The first-order chi connectivity index (χ1) is 11.1. The van der Waals surface area contributed by atoms with Gasteiger partial charge in [0, 0.05) is 13.2 Å². The van der Waals surface area contributed by atoms with Gasteiger partial charge in [0.2, 0.25) is 0 Å². The van der Waals surface area contributed by atoms with Crippen LogP contribution in [0.15, 0.2) is 42.7 Å². The van der Waals surface area contributed by atoms with E-state index in [9.17, 15) is 4.79 Å². The molecule has 6 nitrogen and oxygen atoms in total. The summed E-state index contributed by atoms with van der Waals surface area (Å²) >= 11 is 0. The Balaban J connectivity index is 1.92. The Morgan fingerprint density at radius 2 is 1.96 bits per heavy atom. The van der Waals surface area contributed by atoms with Crippen molar-refractivity contribution < 1.29 is 14.3 Å². The summed E-state index contributed by atoms with van der Waals surface area (Å²) in [7, 11) is 3.30. The lowest BCUT2D eigenvalue weighted by Gasteiger charge is -2.15. The van der Waals surface area contributed by atoms with Gasteiger partial charge in [-0.05, 0) is 12.5 Å². The van der Waals surface area contributed by atoms with Crippen molar-refractivity contribution in [2.24, 2.45) is 7.05 Å². The van der Waals surface area contributed by atoms with Crippen LogP contribution in [0, 0.1) is 0 Å². The highest BCUT2D eigenvalue weighted by atomic mass is 16.5. The quantitative estimate of drug-likeness (QED) is 0.693. The minimum Gasteiger partial charge on any atom is -0.495 e. The maximum Gasteiger partial charge on any atom is 0.344 e. The van der Waals surface area contributed by atoms with Gasteiger partial charge in [-0.3, -0.25) is 4.68 Å². The van der Waals surface area contributed by atoms with E-state index in [1.165, 1.54) is 13.3 Å². The Kier molecular flexibility index (Phi) is 3.97. The summed E-state index contributed by atoms with van der Waals surface area (Å²) in [6, 6.07) is 9.56. The Bertz CT molecular complexity index is 843. The average Bonchev–Trinajstić information content (AvgIpc) is 2.96. The minimum atomic E-state index is -0.476. The number of hydrogen-bond acceptors (Lipinski definition) is 5. The monoisotopic (exact) mass is 311 g/mol. The predicted molar refractivity (Wildman–Crippen MR) is 85.3 cm³/mol. The van der Waals surface area contributed by atoms with Crippen LogP contribution in [0.2, 0.25) is 0 Å². The van der Waals surface area contributed by atoms with Crippen LogP contribution in [0.5, 0.6) is 5.75 Å². The lowest BCUT2D eigenvalue weighted by Crippen LogP contribution is -2.11. The molecule has 1 unspecified atom stereocenters. The molecule has 0 saturated carbocycles. The van der Waals surface area contributed by atoms with Crippen LogP contribution in [0.1, 0.15) is 28.9 Å². The van der Waals surface area contributed by atoms with Crippen LogP contribution < -0.4 is 4.74 Å². The van der Waals surface area contributed by atoms with Gasteiger partial charge in [-0.2, -0.15) is 5.10 Å². The molecular formula is C17H17N3O3. The first-order valence-electron chi connectivity index (χ1n) is 7.22. The number of hydrogen-bond donors (Lipinski definition) is 0. The molecule has 118 valence electrons. The number of carbonyl (C=O) groups is 1. The minimum absolute atomic E-state index is 0.288. The van der Waals surface area contributed by atoms with Crippen molar-refractivity contribution in [3.63, 3.8) is 0 Å². The van der Waals surface area contributed by atoms with Gasteiger partial charge in [0.1, 0.15) is 17.4 Å². The van der Waals surface area contributed by atoms with Gasteiger partial charge in [-0.1, -0.05) is 30.3 Å². The molecule has 0 radical (unpaired) electrons. The van der Waals surface area contributed by atoms with E-state index in [-0.39, 0.29) is 11.7 Å². The topological polar surface area (TPSA) is 66.2 Å². The molecule has 2 heterocycles. The molecule has 3 rings (SSSR count). The Labute approximate surface area is 133 Å². The molecule has 0 spiro atoms. The van der Waals surface area contributed by atoms with Crippen molar-refractivity contribution in [1.82, 2.24) is 14.8 Å². The van der Waals surface area contributed by atoms with Crippen LogP contribution in [0.25, 0.3) is 11.0 Å². The van der Waals surface area contributed by atoms with Crippen molar-refractivity contribution in [2.75, 3.05) is 7.11 Å². The molecule has 1 atom stereocenters. The lowest BCUT2D eigenvalue weighted by molar-refractivity contribution is 0.0334. The molecule has 0 bridgehead atoms. The molecule has 0 aliphatic rings. The summed E-state index contributed by atoms with van der Waals surface area (Å²) in [4.78, 5) is 16.8. The Morgan fingerprint density at radius 3 is 2.65 bits per heavy atom. The highest BCUT2D eigenvalue weighted by Gasteiger charge is 2.21. The fourth-order valence-corrected chi connectivity index (χ4v) is 2.46. The molecule has 0 N–H and O–H groups in total. The number of esters is 1. The van der Waals surface area contributed by atoms with Crippen molar-refractivity contribution in [1.29, 1.82) is 0 Å². The molecular weight excluding hydrogens is 294 g/mol.